The molecule has 1 aliphatic rings. The Morgan fingerprint density at radius 2 is 2.15 bits per heavy atom. The fraction of sp³-hybridized carbons (Fsp3) is 0.312. The zero-order chi connectivity index (χ0) is 14.1. The predicted molar refractivity (Wildman–Crippen MR) is 79.5 cm³/mol. The van der Waals surface area contributed by atoms with Crippen LogP contribution in [-0.2, 0) is 13.0 Å². The molecule has 0 fully saturated rings. The third-order valence-corrected chi connectivity index (χ3v) is 3.65. The Labute approximate surface area is 117 Å². The number of pyridine rings is 1. The SMILES string of the molecule is Cc1cc(=O)[nH]c(C)c1NCc1ccc2c(c1)CCO2. The fourth-order valence-electron chi connectivity index (χ4n) is 2.66. The summed E-state index contributed by atoms with van der Waals surface area (Å²) in [4.78, 5) is 14.2. The molecule has 104 valence electrons. The fourth-order valence-corrected chi connectivity index (χ4v) is 2.66. The average Bonchev–Trinajstić information content (AvgIpc) is 2.84. The van der Waals surface area contributed by atoms with Crippen molar-refractivity contribution in [2.24, 2.45) is 0 Å². The Hall–Kier alpha value is -2.23. The Morgan fingerprint density at radius 3 is 2.95 bits per heavy atom. The van der Waals surface area contributed by atoms with Gasteiger partial charge in [-0.15, -0.1) is 0 Å². The predicted octanol–water partition coefficient (Wildman–Crippen LogP) is 2.54. The number of ether oxygens (including phenoxy) is 1. The summed E-state index contributed by atoms with van der Waals surface area (Å²) >= 11 is 0. The van der Waals surface area contributed by atoms with Crippen LogP contribution in [0, 0.1) is 13.8 Å². The van der Waals surface area contributed by atoms with Crippen molar-refractivity contribution in [1.29, 1.82) is 0 Å². The molecule has 2 aromatic rings. The van der Waals surface area contributed by atoms with Gasteiger partial charge in [0.1, 0.15) is 5.75 Å². The molecule has 20 heavy (non-hydrogen) atoms. The molecule has 1 aromatic heterocycles. The van der Waals surface area contributed by atoms with Crippen LogP contribution in [0.2, 0.25) is 0 Å². The minimum Gasteiger partial charge on any atom is -0.493 e. The molecule has 0 saturated carbocycles. The number of hydrogen-bond acceptors (Lipinski definition) is 3. The highest BCUT2D eigenvalue weighted by Gasteiger charge is 2.12. The van der Waals surface area contributed by atoms with Crippen LogP contribution in [0.1, 0.15) is 22.4 Å². The first kappa shape index (κ1) is 12.8. The van der Waals surface area contributed by atoms with Crippen LogP contribution in [0.15, 0.2) is 29.1 Å². The molecule has 0 amide bonds. The molecule has 0 unspecified atom stereocenters. The standard InChI is InChI=1S/C16H18N2O2/c1-10-7-15(19)18-11(2)16(10)17-9-12-3-4-14-13(8-12)5-6-20-14/h3-4,7-8,17H,5-6,9H2,1-2H3,(H,18,19). The lowest BCUT2D eigenvalue weighted by Crippen LogP contribution is -2.11. The zero-order valence-corrected chi connectivity index (χ0v) is 11.7. The van der Waals surface area contributed by atoms with Gasteiger partial charge in [0.25, 0.3) is 0 Å². The highest BCUT2D eigenvalue weighted by atomic mass is 16.5. The number of benzene rings is 1. The van der Waals surface area contributed by atoms with Crippen LogP contribution in [0.4, 0.5) is 5.69 Å². The smallest absolute Gasteiger partial charge is 0.248 e. The second-order valence-electron chi connectivity index (χ2n) is 5.21. The normalized spacial score (nSPS) is 12.9. The summed E-state index contributed by atoms with van der Waals surface area (Å²) < 4.78 is 5.51. The summed E-state index contributed by atoms with van der Waals surface area (Å²) in [5, 5.41) is 3.40. The van der Waals surface area contributed by atoms with Gasteiger partial charge >= 0.3 is 0 Å². The molecule has 0 atom stereocenters. The van der Waals surface area contributed by atoms with Crippen molar-refractivity contribution < 1.29 is 4.74 Å². The first-order chi connectivity index (χ1) is 9.63. The lowest BCUT2D eigenvalue weighted by Gasteiger charge is -2.12. The van der Waals surface area contributed by atoms with Crippen LogP contribution in [-0.4, -0.2) is 11.6 Å². The topological polar surface area (TPSA) is 54.1 Å². The van der Waals surface area contributed by atoms with Crippen molar-refractivity contribution in [2.45, 2.75) is 26.8 Å². The number of H-pyrrole nitrogens is 1. The summed E-state index contributed by atoms with van der Waals surface area (Å²) in [5.74, 6) is 1.00. The Bertz CT molecular complexity index is 678. The molecule has 4 heteroatoms. The van der Waals surface area contributed by atoms with E-state index in [2.05, 4.69) is 22.4 Å². The second kappa shape index (κ2) is 5.04. The highest BCUT2D eigenvalue weighted by molar-refractivity contribution is 5.54. The number of anilines is 1. The molecule has 4 nitrogen and oxygen atoms in total. The Balaban J connectivity index is 1.78. The first-order valence-corrected chi connectivity index (χ1v) is 6.82. The molecule has 0 bridgehead atoms. The molecule has 3 rings (SSSR count). The van der Waals surface area contributed by atoms with Gasteiger partial charge in [-0.05, 0) is 36.6 Å². The van der Waals surface area contributed by atoms with E-state index in [1.165, 1.54) is 11.1 Å². The minimum absolute atomic E-state index is 0.0553. The number of rotatable bonds is 3. The van der Waals surface area contributed by atoms with E-state index in [0.29, 0.717) is 0 Å². The number of aromatic amines is 1. The van der Waals surface area contributed by atoms with Crippen molar-refractivity contribution in [3.05, 3.63) is 57.0 Å². The largest absolute Gasteiger partial charge is 0.493 e. The van der Waals surface area contributed by atoms with Crippen molar-refractivity contribution >= 4 is 5.69 Å². The van der Waals surface area contributed by atoms with Crippen molar-refractivity contribution in [3.63, 3.8) is 0 Å². The summed E-state index contributed by atoms with van der Waals surface area (Å²) in [7, 11) is 0. The molecule has 1 aliphatic heterocycles. The van der Waals surface area contributed by atoms with Gasteiger partial charge in [0.15, 0.2) is 0 Å². The van der Waals surface area contributed by atoms with E-state index in [4.69, 9.17) is 4.74 Å². The number of aryl methyl sites for hydroxylation is 2. The lowest BCUT2D eigenvalue weighted by atomic mass is 10.1. The molecule has 0 aliphatic carbocycles. The van der Waals surface area contributed by atoms with E-state index in [1.807, 2.05) is 19.9 Å². The van der Waals surface area contributed by atoms with Crippen molar-refractivity contribution in [2.75, 3.05) is 11.9 Å². The van der Waals surface area contributed by atoms with Crippen LogP contribution >= 0.6 is 0 Å². The maximum Gasteiger partial charge on any atom is 0.248 e. The van der Waals surface area contributed by atoms with Gasteiger partial charge in [-0.1, -0.05) is 12.1 Å². The number of aromatic nitrogens is 1. The third kappa shape index (κ3) is 2.41. The molecule has 0 saturated heterocycles. The van der Waals surface area contributed by atoms with Crippen LogP contribution in [0.25, 0.3) is 0 Å². The quantitative estimate of drug-likeness (QED) is 0.901. The number of nitrogens with one attached hydrogen (secondary N) is 2. The van der Waals surface area contributed by atoms with E-state index in [9.17, 15) is 4.79 Å². The van der Waals surface area contributed by atoms with Gasteiger partial charge in [-0.2, -0.15) is 0 Å². The Kier molecular flexibility index (Phi) is 3.22. The lowest BCUT2D eigenvalue weighted by molar-refractivity contribution is 0.357. The van der Waals surface area contributed by atoms with Gasteiger partial charge in [-0.3, -0.25) is 4.79 Å². The molecule has 1 aromatic carbocycles. The molecular weight excluding hydrogens is 252 g/mol. The maximum atomic E-state index is 11.4. The van der Waals surface area contributed by atoms with E-state index >= 15 is 0 Å². The minimum atomic E-state index is -0.0553. The Morgan fingerprint density at radius 1 is 1.30 bits per heavy atom. The van der Waals surface area contributed by atoms with E-state index in [1.54, 1.807) is 6.07 Å². The summed E-state index contributed by atoms with van der Waals surface area (Å²) in [6, 6.07) is 7.91. The zero-order valence-electron chi connectivity index (χ0n) is 11.7. The maximum absolute atomic E-state index is 11.4. The number of fused-ring (bicyclic) bond motifs is 1. The number of hydrogen-bond donors (Lipinski definition) is 2. The van der Waals surface area contributed by atoms with Crippen molar-refractivity contribution in [3.8, 4) is 5.75 Å². The van der Waals surface area contributed by atoms with E-state index in [-0.39, 0.29) is 5.56 Å². The van der Waals surface area contributed by atoms with Gasteiger partial charge in [0, 0.05) is 24.7 Å². The van der Waals surface area contributed by atoms with Gasteiger partial charge in [-0.25, -0.2) is 0 Å². The summed E-state index contributed by atoms with van der Waals surface area (Å²) in [5.41, 5.74) is 5.29. The summed E-state index contributed by atoms with van der Waals surface area (Å²) in [6.07, 6.45) is 0.986. The van der Waals surface area contributed by atoms with Gasteiger partial charge in [0.05, 0.1) is 12.3 Å². The van der Waals surface area contributed by atoms with Gasteiger partial charge in [0.2, 0.25) is 5.56 Å². The third-order valence-electron chi connectivity index (χ3n) is 3.65. The van der Waals surface area contributed by atoms with E-state index < -0.39 is 0 Å². The molecule has 2 N–H and O–H groups in total. The summed E-state index contributed by atoms with van der Waals surface area (Å²) in [6.45, 7) is 5.37. The monoisotopic (exact) mass is 270 g/mol. The van der Waals surface area contributed by atoms with Gasteiger partial charge < -0.3 is 15.0 Å². The molecule has 0 radical (unpaired) electrons. The second-order valence-corrected chi connectivity index (χ2v) is 5.21. The average molecular weight is 270 g/mol. The molecule has 0 spiro atoms. The highest BCUT2D eigenvalue weighted by Crippen LogP contribution is 2.26. The van der Waals surface area contributed by atoms with Crippen LogP contribution in [0.5, 0.6) is 5.75 Å². The van der Waals surface area contributed by atoms with Crippen molar-refractivity contribution in [1.82, 2.24) is 4.98 Å². The first-order valence-electron chi connectivity index (χ1n) is 6.82. The van der Waals surface area contributed by atoms with Crippen LogP contribution in [0.3, 0.4) is 0 Å². The molecule has 2 heterocycles. The van der Waals surface area contributed by atoms with E-state index in [0.717, 1.165) is 42.3 Å². The van der Waals surface area contributed by atoms with Crippen LogP contribution < -0.4 is 15.6 Å². The molecular formula is C16H18N2O2.